The van der Waals surface area contributed by atoms with Gasteiger partial charge in [0, 0.05) is 38.3 Å². The number of likely N-dealkylation sites (tertiary alicyclic amines) is 2. The van der Waals surface area contributed by atoms with Gasteiger partial charge in [-0.05, 0) is 59.8 Å². The molecule has 2 saturated heterocycles. The van der Waals surface area contributed by atoms with Crippen LogP contribution in [0, 0.1) is 0 Å². The summed E-state index contributed by atoms with van der Waals surface area (Å²) in [6.45, 7) is 4.48. The monoisotopic (exact) mass is 500 g/mol. The molecule has 2 heterocycles. The highest BCUT2D eigenvalue weighted by Gasteiger charge is 2.33. The highest BCUT2D eigenvalue weighted by molar-refractivity contribution is 5.26. The molecule has 0 aromatic heterocycles. The van der Waals surface area contributed by atoms with Crippen molar-refractivity contribution in [3.8, 4) is 0 Å². The first-order valence-corrected chi connectivity index (χ1v) is 14.5. The molecule has 0 spiro atoms. The molecule has 0 aliphatic carbocycles. The van der Waals surface area contributed by atoms with Gasteiger partial charge in [0.05, 0.1) is 0 Å². The van der Waals surface area contributed by atoms with Gasteiger partial charge in [0.15, 0.2) is 0 Å². The molecular weight excluding hydrogens is 460 g/mol. The third-order valence-corrected chi connectivity index (χ3v) is 8.95. The second kappa shape index (κ2) is 12.1. The summed E-state index contributed by atoms with van der Waals surface area (Å²) < 4.78 is 0. The van der Waals surface area contributed by atoms with Crippen molar-refractivity contribution in [2.45, 2.75) is 49.6 Å². The maximum Gasteiger partial charge on any atom is 0.0349 e. The van der Waals surface area contributed by atoms with Crippen LogP contribution in [0.15, 0.2) is 121 Å². The summed E-state index contributed by atoms with van der Waals surface area (Å²) in [7, 11) is 0. The van der Waals surface area contributed by atoms with E-state index in [2.05, 4.69) is 131 Å². The van der Waals surface area contributed by atoms with E-state index in [1.54, 1.807) is 0 Å². The van der Waals surface area contributed by atoms with E-state index in [-0.39, 0.29) is 0 Å². The lowest BCUT2D eigenvalue weighted by molar-refractivity contribution is 0.0789. The van der Waals surface area contributed by atoms with Gasteiger partial charge in [-0.2, -0.15) is 0 Å². The van der Waals surface area contributed by atoms with Crippen molar-refractivity contribution >= 4 is 0 Å². The Kier molecular flexibility index (Phi) is 8.00. The van der Waals surface area contributed by atoms with Gasteiger partial charge in [-0.15, -0.1) is 0 Å². The highest BCUT2D eigenvalue weighted by Crippen LogP contribution is 2.40. The summed E-state index contributed by atoms with van der Waals surface area (Å²) in [4.78, 5) is 5.59. The largest absolute Gasteiger partial charge is 0.294 e. The fourth-order valence-corrected chi connectivity index (χ4v) is 6.94. The predicted octanol–water partition coefficient (Wildman–Crippen LogP) is 8.23. The number of nitrogens with zero attached hydrogens (tertiary/aromatic N) is 2. The minimum absolute atomic E-state index is 0.501. The van der Waals surface area contributed by atoms with E-state index in [4.69, 9.17) is 0 Å². The van der Waals surface area contributed by atoms with Crippen molar-refractivity contribution in [3.63, 3.8) is 0 Å². The van der Waals surface area contributed by atoms with Crippen LogP contribution in [0.25, 0.3) is 0 Å². The van der Waals surface area contributed by atoms with Crippen LogP contribution in [0.3, 0.4) is 0 Å². The summed E-state index contributed by atoms with van der Waals surface area (Å²) in [5, 5.41) is 0. The minimum Gasteiger partial charge on any atom is -0.294 e. The minimum atomic E-state index is 0.501. The molecule has 2 aliphatic rings. The Morgan fingerprint density at radius 1 is 0.395 bits per heavy atom. The summed E-state index contributed by atoms with van der Waals surface area (Å²) in [5.74, 6) is 1.22. The molecule has 2 aliphatic heterocycles. The third-order valence-electron chi connectivity index (χ3n) is 8.95. The summed E-state index contributed by atoms with van der Waals surface area (Å²) in [6, 6.07) is 45.8. The zero-order chi connectivity index (χ0) is 25.6. The second-order valence-electron chi connectivity index (χ2n) is 11.2. The molecule has 4 atom stereocenters. The fraction of sp³-hybridized carbons (Fsp3) is 0.333. The standard InChI is InChI=1S/C36H40N2/c1-5-13-29(14-6-1)33-21-23-35(31-17-9-3-10-18-31)37(27-33)25-26-38-28-34(30-15-7-2-8-16-30)22-24-36(38)32-19-11-4-12-20-32/h1-20,33-36H,21-28H2. The average molecular weight is 501 g/mol. The van der Waals surface area contributed by atoms with Gasteiger partial charge in [0.1, 0.15) is 0 Å². The van der Waals surface area contributed by atoms with E-state index < -0.39 is 0 Å². The predicted molar refractivity (Wildman–Crippen MR) is 158 cm³/mol. The molecule has 0 radical (unpaired) electrons. The number of hydrogen-bond donors (Lipinski definition) is 0. The number of benzene rings is 4. The molecule has 2 heteroatoms. The molecule has 6 rings (SSSR count). The van der Waals surface area contributed by atoms with Gasteiger partial charge in [-0.3, -0.25) is 9.80 Å². The second-order valence-corrected chi connectivity index (χ2v) is 11.2. The maximum atomic E-state index is 2.80. The van der Waals surface area contributed by atoms with E-state index in [0.29, 0.717) is 23.9 Å². The molecule has 4 aromatic rings. The summed E-state index contributed by atoms with van der Waals surface area (Å²) >= 11 is 0. The first-order valence-electron chi connectivity index (χ1n) is 14.5. The van der Waals surface area contributed by atoms with Crippen LogP contribution in [0.2, 0.25) is 0 Å². The Morgan fingerprint density at radius 3 is 1.05 bits per heavy atom. The van der Waals surface area contributed by atoms with Crippen LogP contribution in [0.4, 0.5) is 0 Å². The molecule has 194 valence electrons. The Morgan fingerprint density at radius 2 is 0.711 bits per heavy atom. The van der Waals surface area contributed by atoms with Gasteiger partial charge in [-0.25, -0.2) is 0 Å². The topological polar surface area (TPSA) is 6.48 Å². The van der Waals surface area contributed by atoms with Crippen LogP contribution in [-0.4, -0.2) is 36.0 Å². The summed E-state index contributed by atoms with van der Waals surface area (Å²) in [6.07, 6.45) is 4.95. The Bertz CT molecular complexity index is 1140. The number of rotatable bonds is 7. The van der Waals surface area contributed by atoms with Crippen LogP contribution in [-0.2, 0) is 0 Å². The van der Waals surface area contributed by atoms with E-state index in [1.165, 1.54) is 47.9 Å². The third kappa shape index (κ3) is 5.77. The van der Waals surface area contributed by atoms with Crippen molar-refractivity contribution < 1.29 is 0 Å². The van der Waals surface area contributed by atoms with Crippen molar-refractivity contribution in [2.75, 3.05) is 26.2 Å². The molecule has 0 saturated carbocycles. The van der Waals surface area contributed by atoms with Crippen LogP contribution in [0.1, 0.15) is 71.9 Å². The number of hydrogen-bond acceptors (Lipinski definition) is 2. The molecule has 4 aromatic carbocycles. The quantitative estimate of drug-likeness (QED) is 0.252. The van der Waals surface area contributed by atoms with Crippen molar-refractivity contribution in [3.05, 3.63) is 144 Å². The van der Waals surface area contributed by atoms with Gasteiger partial charge in [0.2, 0.25) is 0 Å². The van der Waals surface area contributed by atoms with E-state index in [1.807, 2.05) is 0 Å². The van der Waals surface area contributed by atoms with E-state index >= 15 is 0 Å². The molecule has 2 fully saturated rings. The fourth-order valence-electron chi connectivity index (χ4n) is 6.94. The SMILES string of the molecule is c1ccc(C2CCC(c3ccccc3)N(CCN3CC(c4ccccc4)CCC3c3ccccc3)C2)cc1. The van der Waals surface area contributed by atoms with Gasteiger partial charge >= 0.3 is 0 Å². The van der Waals surface area contributed by atoms with Crippen LogP contribution >= 0.6 is 0 Å². The highest BCUT2D eigenvalue weighted by atomic mass is 15.2. The lowest BCUT2D eigenvalue weighted by Gasteiger charge is -2.44. The summed E-state index contributed by atoms with van der Waals surface area (Å²) in [5.41, 5.74) is 5.93. The van der Waals surface area contributed by atoms with Crippen LogP contribution in [0.5, 0.6) is 0 Å². The molecule has 0 bridgehead atoms. The molecule has 4 unspecified atom stereocenters. The van der Waals surface area contributed by atoms with Crippen molar-refractivity contribution in [1.82, 2.24) is 9.80 Å². The molecule has 2 nitrogen and oxygen atoms in total. The van der Waals surface area contributed by atoms with Crippen molar-refractivity contribution in [1.29, 1.82) is 0 Å². The Hall–Kier alpha value is -3.20. The average Bonchev–Trinajstić information content (AvgIpc) is 3.01. The number of piperidine rings is 2. The normalized spacial score (nSPS) is 24.7. The lowest BCUT2D eigenvalue weighted by Crippen LogP contribution is -2.45. The Balaban J connectivity index is 1.23. The Labute approximate surface area is 228 Å². The smallest absolute Gasteiger partial charge is 0.0349 e. The van der Waals surface area contributed by atoms with Crippen molar-refractivity contribution in [2.24, 2.45) is 0 Å². The first-order chi connectivity index (χ1) is 18.8. The zero-order valence-electron chi connectivity index (χ0n) is 22.4. The first kappa shape index (κ1) is 25.1. The van der Waals surface area contributed by atoms with E-state index in [0.717, 1.165) is 26.2 Å². The van der Waals surface area contributed by atoms with Gasteiger partial charge < -0.3 is 0 Å². The van der Waals surface area contributed by atoms with Crippen LogP contribution < -0.4 is 0 Å². The zero-order valence-corrected chi connectivity index (χ0v) is 22.4. The molecule has 0 amide bonds. The van der Waals surface area contributed by atoms with Gasteiger partial charge in [-0.1, -0.05) is 121 Å². The maximum absolute atomic E-state index is 2.80. The molecule has 0 N–H and O–H groups in total. The molecular formula is C36H40N2. The lowest BCUT2D eigenvalue weighted by atomic mass is 9.84. The molecule has 38 heavy (non-hydrogen) atoms. The van der Waals surface area contributed by atoms with Gasteiger partial charge in [0.25, 0.3) is 0 Å². The van der Waals surface area contributed by atoms with E-state index in [9.17, 15) is 0 Å².